The van der Waals surface area contributed by atoms with E-state index in [0.717, 1.165) is 4.90 Å². The van der Waals surface area contributed by atoms with Crippen LogP contribution in [0, 0.1) is 5.92 Å². The Morgan fingerprint density at radius 2 is 1.77 bits per heavy atom. The number of likely N-dealkylation sites (tertiary alicyclic amines) is 1. The van der Waals surface area contributed by atoms with Crippen molar-refractivity contribution in [2.45, 2.75) is 12.8 Å². The number of nitrogens with two attached hydrogens (primary N) is 1. The minimum Gasteiger partial charge on any atom is -0.550 e. The van der Waals surface area contributed by atoms with Gasteiger partial charge in [0.2, 0.25) is 5.91 Å². The quantitative estimate of drug-likeness (QED) is 0.570. The van der Waals surface area contributed by atoms with Crippen molar-refractivity contribution in [1.29, 1.82) is 0 Å². The first-order valence-electron chi connectivity index (χ1n) is 7.20. The Hall–Kier alpha value is -2.41. The van der Waals surface area contributed by atoms with Crippen LogP contribution in [0.25, 0.3) is 0 Å². The Morgan fingerprint density at radius 1 is 1.18 bits per heavy atom. The van der Waals surface area contributed by atoms with Crippen LogP contribution >= 0.6 is 0 Å². The van der Waals surface area contributed by atoms with Gasteiger partial charge in [0, 0.05) is 36.0 Å². The Labute approximate surface area is 128 Å². The van der Waals surface area contributed by atoms with Crippen molar-refractivity contribution in [3.05, 3.63) is 29.8 Å². The molecule has 1 saturated heterocycles. The summed E-state index contributed by atoms with van der Waals surface area (Å²) in [5.41, 5.74) is 6.12. The normalized spacial score (nSPS) is 21.1. The number of benzene rings is 1. The molecule has 1 aromatic rings. The number of aliphatic carboxylic acids is 1. The number of hydrogen-bond donors (Lipinski definition) is 3. The maximum atomic E-state index is 12.0. The van der Waals surface area contributed by atoms with Crippen molar-refractivity contribution in [2.75, 3.05) is 25.0 Å². The number of carbonyl (C=O) groups is 3. The van der Waals surface area contributed by atoms with Crippen LogP contribution in [-0.4, -0.2) is 37.4 Å². The first-order chi connectivity index (χ1) is 10.5. The summed E-state index contributed by atoms with van der Waals surface area (Å²) >= 11 is 0. The topological polar surface area (TPSA) is 117 Å². The van der Waals surface area contributed by atoms with E-state index < -0.39 is 17.8 Å². The van der Waals surface area contributed by atoms with Gasteiger partial charge in [-0.25, -0.2) is 0 Å². The molecule has 1 aliphatic heterocycles. The number of anilines is 1. The van der Waals surface area contributed by atoms with E-state index in [-0.39, 0.29) is 12.5 Å². The molecule has 1 aliphatic rings. The Morgan fingerprint density at radius 3 is 2.27 bits per heavy atom. The third-order valence-corrected chi connectivity index (χ3v) is 3.89. The Kier molecular flexibility index (Phi) is 5.11. The first-order valence-corrected chi connectivity index (χ1v) is 7.20. The average Bonchev–Trinajstić information content (AvgIpc) is 2.48. The molecule has 1 aromatic carbocycles. The smallest absolute Gasteiger partial charge is 0.279 e. The SMILES string of the molecule is NC(=O)c1ccc(NC(=O)C[NH+]2CCC(C(=O)[O-])CC2)cc1. The van der Waals surface area contributed by atoms with Crippen LogP contribution in [0.2, 0.25) is 0 Å². The minimum atomic E-state index is -1.00. The molecule has 2 amide bonds. The van der Waals surface area contributed by atoms with Crippen molar-refractivity contribution in [1.82, 2.24) is 0 Å². The lowest BCUT2D eigenvalue weighted by Gasteiger charge is -2.29. The standard InChI is InChI=1S/C15H19N3O4/c16-14(20)10-1-3-12(4-2-10)17-13(19)9-18-7-5-11(6-8-18)15(21)22/h1-4,11H,5-9H2,(H2,16,20)(H,17,19)(H,21,22). The lowest BCUT2D eigenvalue weighted by atomic mass is 9.97. The fraction of sp³-hybridized carbons (Fsp3) is 0.400. The molecule has 118 valence electrons. The van der Waals surface area contributed by atoms with E-state index in [1.54, 1.807) is 24.3 Å². The Bertz CT molecular complexity index is 563. The minimum absolute atomic E-state index is 0.145. The van der Waals surface area contributed by atoms with Crippen LogP contribution in [0.15, 0.2) is 24.3 Å². The van der Waals surface area contributed by atoms with E-state index in [9.17, 15) is 19.5 Å². The summed E-state index contributed by atoms with van der Waals surface area (Å²) in [4.78, 5) is 34.7. The fourth-order valence-corrected chi connectivity index (χ4v) is 2.59. The highest BCUT2D eigenvalue weighted by atomic mass is 16.4. The lowest BCUT2D eigenvalue weighted by molar-refractivity contribution is -0.897. The molecule has 0 bridgehead atoms. The molecule has 2 rings (SSSR count). The van der Waals surface area contributed by atoms with Crippen molar-refractivity contribution < 1.29 is 24.4 Å². The summed E-state index contributed by atoms with van der Waals surface area (Å²) in [6.45, 7) is 1.58. The van der Waals surface area contributed by atoms with E-state index in [1.165, 1.54) is 0 Å². The van der Waals surface area contributed by atoms with Crippen molar-refractivity contribution in [3.8, 4) is 0 Å². The molecule has 22 heavy (non-hydrogen) atoms. The van der Waals surface area contributed by atoms with Crippen LogP contribution in [0.1, 0.15) is 23.2 Å². The zero-order chi connectivity index (χ0) is 16.1. The maximum Gasteiger partial charge on any atom is 0.279 e. The highest BCUT2D eigenvalue weighted by molar-refractivity contribution is 5.95. The molecular weight excluding hydrogens is 286 g/mol. The predicted molar refractivity (Wildman–Crippen MR) is 76.9 cm³/mol. The largest absolute Gasteiger partial charge is 0.550 e. The summed E-state index contributed by atoms with van der Waals surface area (Å²) in [5, 5.41) is 13.5. The number of amides is 2. The molecule has 0 atom stereocenters. The van der Waals surface area contributed by atoms with Crippen LogP contribution in [-0.2, 0) is 9.59 Å². The van der Waals surface area contributed by atoms with Gasteiger partial charge < -0.3 is 25.9 Å². The van der Waals surface area contributed by atoms with E-state index >= 15 is 0 Å². The van der Waals surface area contributed by atoms with Gasteiger partial charge in [-0.1, -0.05) is 0 Å². The Balaban J connectivity index is 1.81. The van der Waals surface area contributed by atoms with Gasteiger partial charge in [-0.2, -0.15) is 0 Å². The molecule has 4 N–H and O–H groups in total. The maximum absolute atomic E-state index is 12.0. The zero-order valence-corrected chi connectivity index (χ0v) is 12.1. The second kappa shape index (κ2) is 7.04. The third-order valence-electron chi connectivity index (χ3n) is 3.89. The van der Waals surface area contributed by atoms with E-state index in [1.807, 2.05) is 0 Å². The monoisotopic (exact) mass is 305 g/mol. The molecule has 0 aromatic heterocycles. The number of nitrogens with one attached hydrogen (secondary N) is 2. The number of carbonyl (C=O) groups excluding carboxylic acids is 3. The first kappa shape index (κ1) is 16.0. The van der Waals surface area contributed by atoms with Gasteiger partial charge in [0.15, 0.2) is 6.54 Å². The number of quaternary nitrogens is 1. The van der Waals surface area contributed by atoms with Crippen molar-refractivity contribution >= 4 is 23.5 Å². The van der Waals surface area contributed by atoms with Gasteiger partial charge in [0.25, 0.3) is 5.91 Å². The van der Waals surface area contributed by atoms with Crippen molar-refractivity contribution in [3.63, 3.8) is 0 Å². The van der Waals surface area contributed by atoms with E-state index in [2.05, 4.69) is 5.32 Å². The molecule has 0 aliphatic carbocycles. The van der Waals surface area contributed by atoms with E-state index in [4.69, 9.17) is 5.73 Å². The van der Waals surface area contributed by atoms with Crippen LogP contribution in [0.4, 0.5) is 5.69 Å². The number of hydrogen-bond acceptors (Lipinski definition) is 4. The van der Waals surface area contributed by atoms with Gasteiger partial charge in [0.1, 0.15) is 0 Å². The highest BCUT2D eigenvalue weighted by Crippen LogP contribution is 2.09. The number of primary amides is 1. The summed E-state index contributed by atoms with van der Waals surface area (Å²) in [7, 11) is 0. The van der Waals surface area contributed by atoms with Gasteiger partial charge in [-0.05, 0) is 24.3 Å². The number of carboxylic acids is 1. The number of carboxylic acid groups (broad SMARTS) is 1. The number of piperidine rings is 1. The summed E-state index contributed by atoms with van der Waals surface area (Å²) < 4.78 is 0. The molecule has 1 fully saturated rings. The van der Waals surface area contributed by atoms with Gasteiger partial charge in [-0.15, -0.1) is 0 Å². The fourth-order valence-electron chi connectivity index (χ4n) is 2.59. The van der Waals surface area contributed by atoms with Gasteiger partial charge in [-0.3, -0.25) is 9.59 Å². The molecule has 7 heteroatoms. The molecule has 1 heterocycles. The van der Waals surface area contributed by atoms with Crippen LogP contribution in [0.5, 0.6) is 0 Å². The molecular formula is C15H19N3O4. The molecule has 0 saturated carbocycles. The average molecular weight is 305 g/mol. The summed E-state index contributed by atoms with van der Waals surface area (Å²) in [5.74, 6) is -2.06. The van der Waals surface area contributed by atoms with Gasteiger partial charge in [0.05, 0.1) is 13.1 Å². The third kappa shape index (κ3) is 4.29. The predicted octanol–water partition coefficient (Wildman–Crippen LogP) is -2.23. The molecule has 7 nitrogen and oxygen atoms in total. The van der Waals surface area contributed by atoms with Crippen LogP contribution in [0.3, 0.4) is 0 Å². The summed E-state index contributed by atoms with van der Waals surface area (Å²) in [6.07, 6.45) is 1.08. The molecule has 0 unspecified atom stereocenters. The summed E-state index contributed by atoms with van der Waals surface area (Å²) in [6, 6.07) is 6.34. The second-order valence-corrected chi connectivity index (χ2v) is 5.51. The van der Waals surface area contributed by atoms with Crippen LogP contribution < -0.4 is 21.1 Å². The zero-order valence-electron chi connectivity index (χ0n) is 12.1. The molecule has 0 spiro atoms. The highest BCUT2D eigenvalue weighted by Gasteiger charge is 2.24. The molecule has 0 radical (unpaired) electrons. The lowest BCUT2D eigenvalue weighted by Crippen LogP contribution is -3.14. The second-order valence-electron chi connectivity index (χ2n) is 5.51. The van der Waals surface area contributed by atoms with Gasteiger partial charge >= 0.3 is 0 Å². The van der Waals surface area contributed by atoms with E-state index in [0.29, 0.717) is 37.2 Å². The number of rotatable bonds is 5. The van der Waals surface area contributed by atoms with Crippen molar-refractivity contribution in [2.24, 2.45) is 11.7 Å².